The van der Waals surface area contributed by atoms with E-state index in [4.69, 9.17) is 0 Å². The highest BCUT2D eigenvalue weighted by Gasteiger charge is 2.17. The van der Waals surface area contributed by atoms with Crippen molar-refractivity contribution in [3.63, 3.8) is 0 Å². The van der Waals surface area contributed by atoms with Crippen LogP contribution < -0.4 is 0 Å². The van der Waals surface area contributed by atoms with E-state index in [9.17, 15) is 4.79 Å². The van der Waals surface area contributed by atoms with E-state index in [0.29, 0.717) is 11.7 Å². The van der Waals surface area contributed by atoms with Crippen molar-refractivity contribution in [3.8, 4) is 0 Å². The van der Waals surface area contributed by atoms with Crippen LogP contribution in [0.1, 0.15) is 67.8 Å². The highest BCUT2D eigenvalue weighted by atomic mass is 16.1. The molecule has 0 atom stereocenters. The number of aryl methyl sites for hydroxylation is 1. The fraction of sp³-hybridized carbons (Fsp3) is 0.588. The Kier molecular flexibility index (Phi) is 4.98. The summed E-state index contributed by atoms with van der Waals surface area (Å²) in [7, 11) is 0. The lowest BCUT2D eigenvalue weighted by Crippen LogP contribution is -2.12. The minimum absolute atomic E-state index is 0.338. The molecule has 2 rings (SSSR count). The minimum atomic E-state index is 0.338. The molecule has 1 heteroatoms. The molecular formula is C17H24O. The summed E-state index contributed by atoms with van der Waals surface area (Å²) in [6.45, 7) is 2.18. The molecular weight excluding hydrogens is 220 g/mol. The van der Waals surface area contributed by atoms with E-state index in [1.807, 2.05) is 12.1 Å². The van der Waals surface area contributed by atoms with Crippen LogP contribution in [-0.4, -0.2) is 5.78 Å². The predicted molar refractivity (Wildman–Crippen MR) is 76.0 cm³/mol. The molecule has 0 aliphatic heterocycles. The van der Waals surface area contributed by atoms with Gasteiger partial charge in [0, 0.05) is 12.0 Å². The first-order valence-corrected chi connectivity index (χ1v) is 7.41. The molecule has 1 aromatic rings. The predicted octanol–water partition coefficient (Wildman–Crippen LogP) is 4.79. The summed E-state index contributed by atoms with van der Waals surface area (Å²) in [5.74, 6) is 0.978. The molecule has 0 spiro atoms. The van der Waals surface area contributed by atoms with Gasteiger partial charge in [0.05, 0.1) is 0 Å². The van der Waals surface area contributed by atoms with Crippen LogP contribution in [0, 0.1) is 5.92 Å². The maximum atomic E-state index is 12.2. The molecule has 1 aromatic carbocycles. The van der Waals surface area contributed by atoms with Crippen molar-refractivity contribution in [2.45, 2.75) is 58.3 Å². The third kappa shape index (κ3) is 3.69. The number of hydrogen-bond donors (Lipinski definition) is 0. The lowest BCUT2D eigenvalue weighted by molar-refractivity contribution is 0.0950. The number of carbonyl (C=O) groups excluding carboxylic acids is 1. The van der Waals surface area contributed by atoms with E-state index in [0.717, 1.165) is 24.8 Å². The van der Waals surface area contributed by atoms with Crippen molar-refractivity contribution in [2.75, 3.05) is 0 Å². The highest BCUT2D eigenvalue weighted by Crippen LogP contribution is 2.27. The fourth-order valence-corrected chi connectivity index (χ4v) is 2.92. The van der Waals surface area contributed by atoms with Crippen molar-refractivity contribution < 1.29 is 4.79 Å². The topological polar surface area (TPSA) is 17.1 Å². The number of hydrogen-bond acceptors (Lipinski definition) is 1. The van der Waals surface area contributed by atoms with Gasteiger partial charge in [-0.1, -0.05) is 69.7 Å². The molecule has 1 nitrogen and oxygen atoms in total. The number of benzene rings is 1. The van der Waals surface area contributed by atoms with Crippen LogP contribution in [0.2, 0.25) is 0 Å². The Labute approximate surface area is 111 Å². The second-order valence-electron chi connectivity index (χ2n) is 5.58. The van der Waals surface area contributed by atoms with E-state index in [1.54, 1.807) is 0 Å². The van der Waals surface area contributed by atoms with Crippen molar-refractivity contribution in [1.82, 2.24) is 0 Å². The van der Waals surface area contributed by atoms with Crippen LogP contribution in [0.5, 0.6) is 0 Å². The highest BCUT2D eigenvalue weighted by molar-refractivity contribution is 5.96. The number of carbonyl (C=O) groups is 1. The lowest BCUT2D eigenvalue weighted by atomic mass is 9.84. The zero-order valence-electron chi connectivity index (χ0n) is 11.5. The third-order valence-corrected chi connectivity index (χ3v) is 4.01. The van der Waals surface area contributed by atoms with Crippen molar-refractivity contribution >= 4 is 5.78 Å². The first kappa shape index (κ1) is 13.3. The number of rotatable bonds is 5. The van der Waals surface area contributed by atoms with Gasteiger partial charge in [-0.25, -0.2) is 0 Å². The van der Waals surface area contributed by atoms with Gasteiger partial charge in [-0.2, -0.15) is 0 Å². The molecule has 0 heterocycles. The van der Waals surface area contributed by atoms with Crippen LogP contribution in [0.25, 0.3) is 0 Å². The van der Waals surface area contributed by atoms with Gasteiger partial charge in [-0.3, -0.25) is 4.79 Å². The molecule has 0 amide bonds. The van der Waals surface area contributed by atoms with E-state index in [2.05, 4.69) is 19.1 Å². The molecule has 0 saturated heterocycles. The molecule has 1 aliphatic carbocycles. The Bertz CT molecular complexity index is 371. The third-order valence-electron chi connectivity index (χ3n) is 4.01. The average Bonchev–Trinajstić information content (AvgIpc) is 2.41. The maximum Gasteiger partial charge on any atom is 0.163 e. The van der Waals surface area contributed by atoms with Gasteiger partial charge in [0.25, 0.3) is 0 Å². The number of ketones is 1. The largest absolute Gasteiger partial charge is 0.294 e. The van der Waals surface area contributed by atoms with E-state index in [1.165, 1.54) is 37.7 Å². The van der Waals surface area contributed by atoms with Crippen LogP contribution in [0.15, 0.2) is 24.3 Å². The molecule has 0 bridgehead atoms. The summed E-state index contributed by atoms with van der Waals surface area (Å²) >= 11 is 0. The monoisotopic (exact) mass is 244 g/mol. The minimum Gasteiger partial charge on any atom is -0.294 e. The SMILES string of the molecule is CCCc1ccc(C(=O)CC2CCCCC2)cc1. The Morgan fingerprint density at radius 1 is 1.11 bits per heavy atom. The Morgan fingerprint density at radius 3 is 2.39 bits per heavy atom. The zero-order valence-corrected chi connectivity index (χ0v) is 11.5. The summed E-state index contributed by atoms with van der Waals surface area (Å²) in [5.41, 5.74) is 2.24. The Balaban J connectivity index is 1.91. The second kappa shape index (κ2) is 6.72. The van der Waals surface area contributed by atoms with Crippen molar-refractivity contribution in [2.24, 2.45) is 5.92 Å². The molecule has 0 aromatic heterocycles. The van der Waals surface area contributed by atoms with Gasteiger partial charge in [-0.05, 0) is 17.9 Å². The standard InChI is InChI=1S/C17H24O/c1-2-6-14-9-11-16(12-10-14)17(18)13-15-7-4-3-5-8-15/h9-12,15H,2-8,13H2,1H3. The molecule has 18 heavy (non-hydrogen) atoms. The quantitative estimate of drug-likeness (QED) is 0.680. The summed E-state index contributed by atoms with van der Waals surface area (Å²) in [6.07, 6.45) is 9.51. The lowest BCUT2D eigenvalue weighted by Gasteiger charge is -2.20. The van der Waals surface area contributed by atoms with Gasteiger partial charge in [0.1, 0.15) is 0 Å². The van der Waals surface area contributed by atoms with E-state index < -0.39 is 0 Å². The van der Waals surface area contributed by atoms with Gasteiger partial charge < -0.3 is 0 Å². The van der Waals surface area contributed by atoms with Crippen LogP contribution >= 0.6 is 0 Å². The van der Waals surface area contributed by atoms with Crippen LogP contribution in [0.3, 0.4) is 0 Å². The number of Topliss-reactive ketones (excluding diaryl/α,β-unsaturated/α-hetero) is 1. The van der Waals surface area contributed by atoms with Gasteiger partial charge in [0.15, 0.2) is 5.78 Å². The zero-order chi connectivity index (χ0) is 12.8. The molecule has 0 radical (unpaired) electrons. The smallest absolute Gasteiger partial charge is 0.163 e. The maximum absolute atomic E-state index is 12.2. The Hall–Kier alpha value is -1.11. The summed E-state index contributed by atoms with van der Waals surface area (Å²) in [5, 5.41) is 0. The molecule has 1 fully saturated rings. The molecule has 0 N–H and O–H groups in total. The molecule has 0 unspecified atom stereocenters. The average molecular weight is 244 g/mol. The van der Waals surface area contributed by atoms with Gasteiger partial charge in [-0.15, -0.1) is 0 Å². The first-order valence-electron chi connectivity index (χ1n) is 7.41. The fourth-order valence-electron chi connectivity index (χ4n) is 2.92. The van der Waals surface area contributed by atoms with Crippen molar-refractivity contribution in [3.05, 3.63) is 35.4 Å². The van der Waals surface area contributed by atoms with Crippen LogP contribution in [0.4, 0.5) is 0 Å². The second-order valence-corrected chi connectivity index (χ2v) is 5.58. The Morgan fingerprint density at radius 2 is 1.78 bits per heavy atom. The van der Waals surface area contributed by atoms with E-state index >= 15 is 0 Å². The molecule has 1 saturated carbocycles. The first-order chi connectivity index (χ1) is 8.79. The normalized spacial score (nSPS) is 16.7. The van der Waals surface area contributed by atoms with Crippen molar-refractivity contribution in [1.29, 1.82) is 0 Å². The summed E-state index contributed by atoms with van der Waals surface area (Å²) < 4.78 is 0. The molecule has 98 valence electrons. The van der Waals surface area contributed by atoms with Gasteiger partial charge in [0.2, 0.25) is 0 Å². The van der Waals surface area contributed by atoms with Gasteiger partial charge >= 0.3 is 0 Å². The van der Waals surface area contributed by atoms with Crippen LogP contribution in [-0.2, 0) is 6.42 Å². The summed E-state index contributed by atoms with van der Waals surface area (Å²) in [6, 6.07) is 8.24. The van der Waals surface area contributed by atoms with E-state index in [-0.39, 0.29) is 0 Å². The molecule has 1 aliphatic rings. The summed E-state index contributed by atoms with van der Waals surface area (Å²) in [4.78, 5) is 12.2.